The van der Waals surface area contributed by atoms with Crippen LogP contribution in [0.1, 0.15) is 27.0 Å². The highest BCUT2D eigenvalue weighted by molar-refractivity contribution is 6.06. The highest BCUT2D eigenvalue weighted by Crippen LogP contribution is 2.50. The first-order valence-electron chi connectivity index (χ1n) is 12.7. The lowest BCUT2D eigenvalue weighted by Gasteiger charge is -2.40. The normalized spacial score (nSPS) is 16.7. The van der Waals surface area contributed by atoms with Gasteiger partial charge in [-0.25, -0.2) is 4.39 Å². The molecule has 0 aromatic heterocycles. The number of fused-ring (bicyclic) bond motifs is 1. The van der Waals surface area contributed by atoms with Gasteiger partial charge in [0, 0.05) is 44.4 Å². The number of aliphatic hydroxyl groups is 4. The predicted molar refractivity (Wildman–Crippen MR) is 139 cm³/mol. The first kappa shape index (κ1) is 30.9. The van der Waals surface area contributed by atoms with Gasteiger partial charge in [-0.1, -0.05) is 12.1 Å². The fraction of sp³-hybridized carbons (Fsp3) is 0.423. The maximum atomic E-state index is 15.0. The predicted octanol–water partition coefficient (Wildman–Crippen LogP) is -1.98. The minimum Gasteiger partial charge on any atom is -0.504 e. The van der Waals surface area contributed by atoms with Gasteiger partial charge in [-0.15, -0.1) is 0 Å². The lowest BCUT2D eigenvalue weighted by molar-refractivity contribution is -0.345. The molecular weight excluding hydrogens is 563 g/mol. The number of phenolic OH excluding ortho intramolecular Hbond substituents is 3. The summed E-state index contributed by atoms with van der Waals surface area (Å²) >= 11 is 0. The molecule has 228 valence electrons. The quantitative estimate of drug-likeness (QED) is 0.0629. The molecule has 2 heterocycles. The fourth-order valence-corrected chi connectivity index (χ4v) is 4.93. The summed E-state index contributed by atoms with van der Waals surface area (Å²) in [4.78, 5) is 39.6. The van der Waals surface area contributed by atoms with Crippen LogP contribution in [0.3, 0.4) is 0 Å². The van der Waals surface area contributed by atoms with Gasteiger partial charge in [0.2, 0.25) is 11.7 Å². The maximum absolute atomic E-state index is 15.0. The van der Waals surface area contributed by atoms with Crippen molar-refractivity contribution in [1.82, 2.24) is 15.1 Å². The Morgan fingerprint density at radius 2 is 1.79 bits per heavy atom. The molecule has 9 N–H and O–H groups in total. The van der Waals surface area contributed by atoms with E-state index in [9.17, 15) is 54.5 Å². The molecule has 1 saturated heterocycles. The molecule has 2 aliphatic heterocycles. The summed E-state index contributed by atoms with van der Waals surface area (Å²) in [5.74, 6) is -14.3. The number of hydrogen-bond donors (Lipinski definition) is 9. The van der Waals surface area contributed by atoms with Crippen LogP contribution in [0.4, 0.5) is 10.1 Å². The second-order valence-electron chi connectivity index (χ2n) is 9.96. The van der Waals surface area contributed by atoms with Crippen LogP contribution in [0, 0.1) is 5.82 Å². The van der Waals surface area contributed by atoms with Crippen molar-refractivity contribution in [2.45, 2.75) is 37.3 Å². The number of ether oxygens (including phenoxy) is 1. The van der Waals surface area contributed by atoms with E-state index in [1.807, 2.05) is 5.32 Å². The molecule has 0 spiro atoms. The molecule has 16 heteroatoms. The van der Waals surface area contributed by atoms with Crippen LogP contribution >= 0.6 is 0 Å². The molecule has 0 aliphatic carbocycles. The smallest absolute Gasteiger partial charge is 0.279 e. The second kappa shape index (κ2) is 11.7. The number of halogens is 1. The number of phenols is 3. The van der Waals surface area contributed by atoms with Gasteiger partial charge in [0.25, 0.3) is 17.5 Å². The van der Waals surface area contributed by atoms with Crippen LogP contribution in [0.2, 0.25) is 0 Å². The van der Waals surface area contributed by atoms with E-state index in [0.29, 0.717) is 43.3 Å². The number of aromatic hydroxyl groups is 3. The number of anilines is 1. The Labute approximate surface area is 238 Å². The number of rotatable bonds is 10. The van der Waals surface area contributed by atoms with E-state index in [1.165, 1.54) is 12.1 Å². The van der Waals surface area contributed by atoms with Crippen molar-refractivity contribution in [3.8, 4) is 17.2 Å². The van der Waals surface area contributed by atoms with Crippen molar-refractivity contribution in [2.24, 2.45) is 0 Å². The Hall–Kier alpha value is -4.06. The summed E-state index contributed by atoms with van der Waals surface area (Å²) in [5, 5.41) is 76.7. The van der Waals surface area contributed by atoms with Crippen LogP contribution < -0.4 is 10.6 Å². The van der Waals surface area contributed by atoms with Gasteiger partial charge in [-0.3, -0.25) is 19.3 Å². The number of morpholine rings is 1. The average Bonchev–Trinajstić information content (AvgIpc) is 3.29. The zero-order valence-electron chi connectivity index (χ0n) is 22.4. The molecule has 1 atom stereocenters. The molecule has 2 amide bonds. The van der Waals surface area contributed by atoms with Crippen molar-refractivity contribution in [3.05, 3.63) is 46.3 Å². The third-order valence-electron chi connectivity index (χ3n) is 7.31. The summed E-state index contributed by atoms with van der Waals surface area (Å²) in [6, 6.07) is 2.01. The Morgan fingerprint density at radius 1 is 1.12 bits per heavy atom. The summed E-state index contributed by atoms with van der Waals surface area (Å²) in [7, 11) is 1.03. The van der Waals surface area contributed by atoms with Gasteiger partial charge in [0.05, 0.1) is 31.0 Å². The zero-order chi connectivity index (χ0) is 31.0. The van der Waals surface area contributed by atoms with Gasteiger partial charge >= 0.3 is 0 Å². The minimum absolute atomic E-state index is 0.131. The standard InChI is InChI=1S/C26H31FN4O11/c1-28-23(36)22(26(40,41)25(38,39)12-32)31-11-15-17(24(31)37)19(33)21(35)20(34)18(15)29-9-14-3-2-13(8-16(14)27)10-30-4-6-42-7-5-30/h2-3,8,12,22,29,33-35,38-41H,4-7,9-11H2,1H3,(H,28,36). The molecule has 1 unspecified atom stereocenters. The third-order valence-corrected chi connectivity index (χ3v) is 7.31. The molecule has 0 radical (unpaired) electrons. The number of hydrogen-bond acceptors (Lipinski definition) is 13. The molecule has 2 aromatic rings. The van der Waals surface area contributed by atoms with E-state index in [0.717, 1.165) is 7.05 Å². The zero-order valence-corrected chi connectivity index (χ0v) is 22.4. The molecule has 2 aliphatic rings. The summed E-state index contributed by atoms with van der Waals surface area (Å²) in [6.07, 6.45) is -0.667. The monoisotopic (exact) mass is 594 g/mol. The lowest BCUT2D eigenvalue weighted by Crippen LogP contribution is -2.70. The van der Waals surface area contributed by atoms with Gasteiger partial charge in [-0.2, -0.15) is 0 Å². The van der Waals surface area contributed by atoms with Crippen molar-refractivity contribution < 1.29 is 59.3 Å². The minimum atomic E-state index is -3.97. The maximum Gasteiger partial charge on any atom is 0.279 e. The summed E-state index contributed by atoms with van der Waals surface area (Å²) in [6.45, 7) is 2.02. The van der Waals surface area contributed by atoms with E-state index in [1.54, 1.807) is 6.07 Å². The van der Waals surface area contributed by atoms with Crippen molar-refractivity contribution in [1.29, 1.82) is 0 Å². The second-order valence-corrected chi connectivity index (χ2v) is 9.96. The van der Waals surface area contributed by atoms with E-state index in [4.69, 9.17) is 4.74 Å². The average molecular weight is 595 g/mol. The largest absolute Gasteiger partial charge is 0.504 e. The number of amides is 2. The summed E-state index contributed by atoms with van der Waals surface area (Å²) < 4.78 is 20.3. The molecule has 15 nitrogen and oxygen atoms in total. The molecule has 0 saturated carbocycles. The summed E-state index contributed by atoms with van der Waals surface area (Å²) in [5.41, 5.74) is -0.450. The van der Waals surface area contributed by atoms with Crippen LogP contribution in [0.15, 0.2) is 18.2 Å². The van der Waals surface area contributed by atoms with Gasteiger partial charge in [0.15, 0.2) is 23.8 Å². The van der Waals surface area contributed by atoms with Crippen LogP contribution in [0.25, 0.3) is 0 Å². The SMILES string of the molecule is CNC(=O)C(N1Cc2c(NCc3ccc(CN4CCOCC4)cc3F)c(O)c(O)c(O)c2C1=O)C(O)(O)C(O)(O)C=O. The van der Waals surface area contributed by atoms with Gasteiger partial charge in [0.1, 0.15) is 5.82 Å². The Balaban J connectivity index is 1.65. The van der Waals surface area contributed by atoms with Crippen molar-refractivity contribution >= 4 is 23.8 Å². The Bertz CT molecular complexity index is 1400. The fourth-order valence-electron chi connectivity index (χ4n) is 4.93. The number of nitrogens with one attached hydrogen (secondary N) is 2. The first-order valence-corrected chi connectivity index (χ1v) is 12.7. The number of carbonyl (C=O) groups excluding carboxylic acids is 3. The Kier molecular flexibility index (Phi) is 8.58. The topological polar surface area (TPSA) is 233 Å². The van der Waals surface area contributed by atoms with Crippen LogP contribution in [0.5, 0.6) is 17.2 Å². The van der Waals surface area contributed by atoms with E-state index in [-0.39, 0.29) is 23.4 Å². The molecule has 1 fully saturated rings. The number of benzene rings is 2. The van der Waals surface area contributed by atoms with E-state index >= 15 is 0 Å². The lowest BCUT2D eigenvalue weighted by atomic mass is 9.96. The molecule has 42 heavy (non-hydrogen) atoms. The van der Waals surface area contributed by atoms with E-state index in [2.05, 4.69) is 10.2 Å². The first-order chi connectivity index (χ1) is 19.7. The highest BCUT2D eigenvalue weighted by atomic mass is 19.1. The molecule has 2 aromatic carbocycles. The van der Waals surface area contributed by atoms with Gasteiger partial charge in [-0.05, 0) is 11.6 Å². The van der Waals surface area contributed by atoms with Gasteiger partial charge < -0.3 is 56.0 Å². The molecule has 4 rings (SSSR count). The highest BCUT2D eigenvalue weighted by Gasteiger charge is 2.60. The number of aldehydes is 1. The van der Waals surface area contributed by atoms with Crippen molar-refractivity contribution in [2.75, 3.05) is 38.7 Å². The molecular formula is C26H31FN4O11. The third kappa shape index (κ3) is 5.42. The van der Waals surface area contributed by atoms with Crippen LogP contribution in [-0.4, -0.2) is 115 Å². The molecule has 0 bridgehead atoms. The number of nitrogens with zero attached hydrogens (tertiary/aromatic N) is 2. The number of likely N-dealkylation sites (N-methyl/N-ethyl adjacent to an activating group) is 1. The van der Waals surface area contributed by atoms with E-state index < -0.39 is 70.9 Å². The number of carbonyl (C=O) groups is 3. The van der Waals surface area contributed by atoms with Crippen molar-refractivity contribution in [3.63, 3.8) is 0 Å². The Morgan fingerprint density at radius 3 is 2.38 bits per heavy atom. The van der Waals surface area contributed by atoms with Crippen LogP contribution in [-0.2, 0) is 34.0 Å².